The van der Waals surface area contributed by atoms with E-state index in [2.05, 4.69) is 12.2 Å². The van der Waals surface area contributed by atoms with E-state index < -0.39 is 5.97 Å². The van der Waals surface area contributed by atoms with E-state index in [0.717, 1.165) is 25.7 Å². The van der Waals surface area contributed by atoms with Crippen molar-refractivity contribution >= 4 is 11.9 Å². The molecule has 0 saturated carbocycles. The molecule has 4 nitrogen and oxygen atoms in total. The normalized spacial score (nSPS) is 13.9. The fraction of sp³-hybridized carbons (Fsp3) is 0.692. The van der Waals surface area contributed by atoms with Crippen molar-refractivity contribution in [2.24, 2.45) is 0 Å². The molecule has 0 radical (unpaired) electrons. The van der Waals surface area contributed by atoms with Gasteiger partial charge in [-0.25, -0.2) is 4.79 Å². The fourth-order valence-corrected chi connectivity index (χ4v) is 1.44. The SMILES string of the molecule is CCCCCC(C)NC(=O)/C(C)=C(/C)C(=O)O. The number of carbonyl (C=O) groups is 2. The lowest BCUT2D eigenvalue weighted by Gasteiger charge is -2.14. The first kappa shape index (κ1) is 15.7. The van der Waals surface area contributed by atoms with Crippen molar-refractivity contribution < 1.29 is 14.7 Å². The Bertz CT molecular complexity index is 308. The Labute approximate surface area is 103 Å². The number of hydrogen-bond acceptors (Lipinski definition) is 2. The molecule has 0 rings (SSSR count). The average Bonchev–Trinajstić information content (AvgIpc) is 2.27. The Kier molecular flexibility index (Phi) is 7.26. The molecular weight excluding hydrogens is 218 g/mol. The number of carboxylic acid groups (broad SMARTS) is 1. The van der Waals surface area contributed by atoms with Crippen LogP contribution < -0.4 is 5.32 Å². The summed E-state index contributed by atoms with van der Waals surface area (Å²) in [5.41, 5.74) is 0.378. The van der Waals surface area contributed by atoms with Gasteiger partial charge >= 0.3 is 5.97 Å². The van der Waals surface area contributed by atoms with Gasteiger partial charge in [-0.05, 0) is 27.2 Å². The van der Waals surface area contributed by atoms with Crippen molar-refractivity contribution in [2.45, 2.75) is 59.4 Å². The number of aliphatic carboxylic acids is 1. The zero-order valence-corrected chi connectivity index (χ0v) is 11.2. The summed E-state index contributed by atoms with van der Waals surface area (Å²) in [5.74, 6) is -1.33. The van der Waals surface area contributed by atoms with Gasteiger partial charge in [0.15, 0.2) is 0 Å². The predicted octanol–water partition coefficient (Wildman–Crippen LogP) is 2.49. The number of carboxylic acids is 1. The third-order valence-corrected chi connectivity index (χ3v) is 2.84. The van der Waals surface area contributed by atoms with Crippen molar-refractivity contribution in [1.29, 1.82) is 0 Å². The summed E-state index contributed by atoms with van der Waals surface area (Å²) < 4.78 is 0. The number of amides is 1. The summed E-state index contributed by atoms with van der Waals surface area (Å²) in [6.07, 6.45) is 4.32. The number of carbonyl (C=O) groups excluding carboxylic acids is 1. The van der Waals surface area contributed by atoms with E-state index in [4.69, 9.17) is 5.11 Å². The van der Waals surface area contributed by atoms with Gasteiger partial charge in [-0.15, -0.1) is 0 Å². The highest BCUT2D eigenvalue weighted by molar-refractivity contribution is 6.01. The van der Waals surface area contributed by atoms with Crippen LogP contribution in [0.5, 0.6) is 0 Å². The van der Waals surface area contributed by atoms with E-state index >= 15 is 0 Å². The zero-order valence-electron chi connectivity index (χ0n) is 11.2. The molecule has 0 heterocycles. The molecule has 0 spiro atoms. The number of rotatable bonds is 7. The highest BCUT2D eigenvalue weighted by Crippen LogP contribution is 2.06. The van der Waals surface area contributed by atoms with Crippen LogP contribution in [0.1, 0.15) is 53.4 Å². The second-order valence-electron chi connectivity index (χ2n) is 4.43. The van der Waals surface area contributed by atoms with E-state index in [0.29, 0.717) is 0 Å². The maximum atomic E-state index is 11.7. The quantitative estimate of drug-likeness (QED) is 0.531. The molecule has 1 unspecified atom stereocenters. The molecule has 2 N–H and O–H groups in total. The molecule has 0 aromatic heterocycles. The average molecular weight is 241 g/mol. The Balaban J connectivity index is 4.26. The number of unbranched alkanes of at least 4 members (excludes halogenated alkanes) is 2. The molecule has 0 aliphatic heterocycles. The van der Waals surface area contributed by atoms with Crippen molar-refractivity contribution in [3.05, 3.63) is 11.1 Å². The van der Waals surface area contributed by atoms with Crippen LogP contribution in [0.2, 0.25) is 0 Å². The molecule has 0 bridgehead atoms. The predicted molar refractivity (Wildman–Crippen MR) is 67.8 cm³/mol. The Hall–Kier alpha value is -1.32. The molecule has 0 aliphatic rings. The molecule has 0 saturated heterocycles. The highest BCUT2D eigenvalue weighted by atomic mass is 16.4. The Morgan fingerprint density at radius 3 is 2.24 bits per heavy atom. The summed E-state index contributed by atoms with van der Waals surface area (Å²) in [6, 6.07) is 0.0885. The summed E-state index contributed by atoms with van der Waals surface area (Å²) >= 11 is 0. The lowest BCUT2D eigenvalue weighted by molar-refractivity contribution is -0.133. The van der Waals surface area contributed by atoms with Gasteiger partial charge in [0.1, 0.15) is 0 Å². The minimum absolute atomic E-state index is 0.0885. The van der Waals surface area contributed by atoms with Crippen molar-refractivity contribution in [3.8, 4) is 0 Å². The molecule has 4 heteroatoms. The van der Waals surface area contributed by atoms with Gasteiger partial charge in [0.05, 0.1) is 0 Å². The lowest BCUT2D eigenvalue weighted by Crippen LogP contribution is -2.33. The van der Waals surface area contributed by atoms with Crippen LogP contribution in [0.25, 0.3) is 0 Å². The van der Waals surface area contributed by atoms with Crippen LogP contribution in [0.4, 0.5) is 0 Å². The monoisotopic (exact) mass is 241 g/mol. The summed E-state index contributed by atoms with van der Waals surface area (Å²) in [4.78, 5) is 22.4. The topological polar surface area (TPSA) is 66.4 Å². The molecule has 0 aliphatic carbocycles. The molecule has 17 heavy (non-hydrogen) atoms. The van der Waals surface area contributed by atoms with Crippen LogP contribution in [0, 0.1) is 0 Å². The standard InChI is InChI=1S/C13H23NO3/c1-5-6-7-8-9(2)14-12(15)10(3)11(4)13(16)17/h9H,5-8H2,1-4H3,(H,14,15)(H,16,17)/b11-10-. The van der Waals surface area contributed by atoms with E-state index in [1.807, 2.05) is 6.92 Å². The largest absolute Gasteiger partial charge is 0.478 e. The van der Waals surface area contributed by atoms with Crippen LogP contribution in [-0.2, 0) is 9.59 Å². The van der Waals surface area contributed by atoms with Gasteiger partial charge in [0.25, 0.3) is 0 Å². The van der Waals surface area contributed by atoms with Crippen molar-refractivity contribution in [2.75, 3.05) is 0 Å². The van der Waals surface area contributed by atoms with Crippen LogP contribution in [0.15, 0.2) is 11.1 Å². The van der Waals surface area contributed by atoms with Gasteiger partial charge in [0, 0.05) is 17.2 Å². The van der Waals surface area contributed by atoms with Gasteiger partial charge in [-0.1, -0.05) is 26.2 Å². The second-order valence-corrected chi connectivity index (χ2v) is 4.43. The van der Waals surface area contributed by atoms with E-state index in [9.17, 15) is 9.59 Å². The molecule has 0 aromatic rings. The van der Waals surface area contributed by atoms with Crippen molar-refractivity contribution in [1.82, 2.24) is 5.32 Å². The molecular formula is C13H23NO3. The maximum absolute atomic E-state index is 11.7. The van der Waals surface area contributed by atoms with E-state index in [1.165, 1.54) is 13.8 Å². The molecule has 98 valence electrons. The smallest absolute Gasteiger partial charge is 0.331 e. The second kappa shape index (κ2) is 7.87. The molecule has 0 aromatic carbocycles. The minimum Gasteiger partial charge on any atom is -0.478 e. The summed E-state index contributed by atoms with van der Waals surface area (Å²) in [6.45, 7) is 7.06. The first-order valence-electron chi connectivity index (χ1n) is 6.11. The van der Waals surface area contributed by atoms with Crippen LogP contribution in [0.3, 0.4) is 0 Å². The maximum Gasteiger partial charge on any atom is 0.331 e. The first-order valence-corrected chi connectivity index (χ1v) is 6.11. The van der Waals surface area contributed by atoms with Crippen LogP contribution in [-0.4, -0.2) is 23.0 Å². The minimum atomic E-state index is -1.05. The summed E-state index contributed by atoms with van der Waals surface area (Å²) in [7, 11) is 0. The molecule has 1 atom stereocenters. The zero-order chi connectivity index (χ0) is 13.4. The van der Waals surface area contributed by atoms with E-state index in [1.54, 1.807) is 0 Å². The summed E-state index contributed by atoms with van der Waals surface area (Å²) in [5, 5.41) is 11.6. The number of nitrogens with one attached hydrogen (secondary N) is 1. The third kappa shape index (κ3) is 6.09. The van der Waals surface area contributed by atoms with Gasteiger partial charge < -0.3 is 10.4 Å². The van der Waals surface area contributed by atoms with Crippen LogP contribution >= 0.6 is 0 Å². The Morgan fingerprint density at radius 2 is 1.76 bits per heavy atom. The van der Waals surface area contributed by atoms with Gasteiger partial charge in [-0.3, -0.25) is 4.79 Å². The highest BCUT2D eigenvalue weighted by Gasteiger charge is 2.14. The fourth-order valence-electron chi connectivity index (χ4n) is 1.44. The molecule has 1 amide bonds. The van der Waals surface area contributed by atoms with Crippen molar-refractivity contribution in [3.63, 3.8) is 0 Å². The Morgan fingerprint density at radius 1 is 1.18 bits per heavy atom. The lowest BCUT2D eigenvalue weighted by atomic mass is 10.1. The van der Waals surface area contributed by atoms with Gasteiger partial charge in [0.2, 0.25) is 5.91 Å². The molecule has 0 fully saturated rings. The third-order valence-electron chi connectivity index (χ3n) is 2.84. The van der Waals surface area contributed by atoms with Gasteiger partial charge in [-0.2, -0.15) is 0 Å². The van der Waals surface area contributed by atoms with E-state index in [-0.39, 0.29) is 23.1 Å². The first-order chi connectivity index (χ1) is 7.90. The number of hydrogen-bond donors (Lipinski definition) is 2.